The van der Waals surface area contributed by atoms with E-state index in [1.54, 1.807) is 4.90 Å². The summed E-state index contributed by atoms with van der Waals surface area (Å²) in [5.74, 6) is 0.127. The van der Waals surface area contributed by atoms with Crippen LogP contribution in [-0.4, -0.2) is 59.0 Å². The van der Waals surface area contributed by atoms with Crippen LogP contribution in [0.25, 0.3) is 0 Å². The Kier molecular flexibility index (Phi) is 10.0. The summed E-state index contributed by atoms with van der Waals surface area (Å²) in [6.07, 6.45) is 7.53. The number of methoxy groups -OCH3 is 1. The number of amides is 2. The zero-order valence-electron chi connectivity index (χ0n) is 20.7. The third-order valence-electron chi connectivity index (χ3n) is 6.42. The molecule has 1 aromatic heterocycles. The summed E-state index contributed by atoms with van der Waals surface area (Å²) < 4.78 is 7.22. The first kappa shape index (κ1) is 26.3. The first-order valence-corrected chi connectivity index (χ1v) is 12.7. The number of halogens is 1. The number of aromatic nitrogens is 1. The Morgan fingerprint density at radius 2 is 1.82 bits per heavy atom. The highest BCUT2D eigenvalue weighted by Gasteiger charge is 2.29. The van der Waals surface area contributed by atoms with E-state index in [0.717, 1.165) is 42.0 Å². The van der Waals surface area contributed by atoms with E-state index in [1.165, 1.54) is 13.5 Å². The molecule has 7 heteroatoms. The highest BCUT2D eigenvalue weighted by molar-refractivity contribution is 6.31. The SMILES string of the molecule is COCC(=O)N(CC(=O)N(Cc1cccn1Cc1ccccc1Cl)C1CCCCC1)CC(C)C. The van der Waals surface area contributed by atoms with Gasteiger partial charge in [-0.3, -0.25) is 9.59 Å². The average Bonchev–Trinajstić information content (AvgIpc) is 3.25. The molecule has 1 aromatic carbocycles. The lowest BCUT2D eigenvalue weighted by atomic mass is 9.94. The highest BCUT2D eigenvalue weighted by atomic mass is 35.5. The van der Waals surface area contributed by atoms with Crippen molar-refractivity contribution < 1.29 is 14.3 Å². The Hall–Kier alpha value is -2.31. The molecule has 34 heavy (non-hydrogen) atoms. The minimum absolute atomic E-state index is 0.00231. The Morgan fingerprint density at radius 1 is 1.09 bits per heavy atom. The predicted molar refractivity (Wildman–Crippen MR) is 136 cm³/mol. The number of carbonyl (C=O) groups excluding carboxylic acids is 2. The molecule has 0 radical (unpaired) electrons. The zero-order valence-corrected chi connectivity index (χ0v) is 21.5. The molecule has 2 aromatic rings. The molecule has 0 spiro atoms. The maximum absolute atomic E-state index is 13.7. The Morgan fingerprint density at radius 3 is 2.50 bits per heavy atom. The van der Waals surface area contributed by atoms with Crippen molar-refractivity contribution in [3.05, 3.63) is 58.9 Å². The second kappa shape index (κ2) is 13.0. The molecule has 0 saturated heterocycles. The van der Waals surface area contributed by atoms with Crippen LogP contribution in [0.3, 0.4) is 0 Å². The lowest BCUT2D eigenvalue weighted by Crippen LogP contribution is -2.49. The number of ether oxygens (including phenoxy) is 1. The van der Waals surface area contributed by atoms with Gasteiger partial charge in [-0.05, 0) is 42.5 Å². The third-order valence-corrected chi connectivity index (χ3v) is 6.79. The summed E-state index contributed by atoms with van der Waals surface area (Å²) in [4.78, 5) is 29.9. The number of hydrogen-bond acceptors (Lipinski definition) is 3. The molecule has 0 N–H and O–H groups in total. The normalized spacial score (nSPS) is 14.4. The fourth-order valence-corrected chi connectivity index (χ4v) is 4.91. The average molecular weight is 488 g/mol. The Labute approximate surface area is 208 Å². The number of benzene rings is 1. The van der Waals surface area contributed by atoms with Gasteiger partial charge in [-0.15, -0.1) is 0 Å². The molecular formula is C27H38ClN3O3. The van der Waals surface area contributed by atoms with Gasteiger partial charge in [-0.2, -0.15) is 0 Å². The number of rotatable bonds is 11. The van der Waals surface area contributed by atoms with Crippen molar-refractivity contribution in [1.82, 2.24) is 14.4 Å². The second-order valence-electron chi connectivity index (χ2n) is 9.63. The lowest BCUT2D eigenvalue weighted by Gasteiger charge is -2.36. The molecule has 1 saturated carbocycles. The van der Waals surface area contributed by atoms with Gasteiger partial charge in [0.2, 0.25) is 11.8 Å². The van der Waals surface area contributed by atoms with Crippen LogP contribution in [0.2, 0.25) is 5.02 Å². The van der Waals surface area contributed by atoms with Gasteiger partial charge >= 0.3 is 0 Å². The molecular weight excluding hydrogens is 450 g/mol. The summed E-state index contributed by atoms with van der Waals surface area (Å²) in [5, 5.41) is 0.739. The van der Waals surface area contributed by atoms with Crippen LogP contribution in [0, 0.1) is 5.92 Å². The van der Waals surface area contributed by atoms with Gasteiger partial charge in [-0.1, -0.05) is 62.9 Å². The van der Waals surface area contributed by atoms with Crippen LogP contribution in [0.1, 0.15) is 57.2 Å². The molecule has 1 heterocycles. The van der Waals surface area contributed by atoms with Gasteiger partial charge in [0.15, 0.2) is 0 Å². The largest absolute Gasteiger partial charge is 0.375 e. The number of nitrogens with zero attached hydrogens (tertiary/aromatic N) is 3. The molecule has 186 valence electrons. The standard InChI is InChI=1S/C27H38ClN3O3/c1-21(2)16-30(27(33)20-34-3)19-26(32)31(23-11-5-4-6-12-23)18-24-13-9-15-29(24)17-22-10-7-8-14-25(22)28/h7-10,13-15,21,23H,4-6,11-12,16-20H2,1-3H3. The van der Waals surface area contributed by atoms with E-state index in [4.69, 9.17) is 16.3 Å². The summed E-state index contributed by atoms with van der Waals surface area (Å²) >= 11 is 6.40. The molecule has 2 amide bonds. The van der Waals surface area contributed by atoms with Crippen molar-refractivity contribution in [3.63, 3.8) is 0 Å². The van der Waals surface area contributed by atoms with E-state index in [-0.39, 0.29) is 36.9 Å². The van der Waals surface area contributed by atoms with Crippen LogP contribution in [-0.2, 0) is 27.4 Å². The van der Waals surface area contributed by atoms with Crippen molar-refractivity contribution in [3.8, 4) is 0 Å². The van der Waals surface area contributed by atoms with Crippen molar-refractivity contribution in [2.45, 2.75) is 65.1 Å². The highest BCUT2D eigenvalue weighted by Crippen LogP contribution is 2.25. The first-order valence-electron chi connectivity index (χ1n) is 12.3. The molecule has 0 aliphatic heterocycles. The quantitative estimate of drug-likeness (QED) is 0.449. The second-order valence-corrected chi connectivity index (χ2v) is 10.0. The number of hydrogen-bond donors (Lipinski definition) is 0. The van der Waals surface area contributed by atoms with E-state index >= 15 is 0 Å². The zero-order chi connectivity index (χ0) is 24.5. The smallest absolute Gasteiger partial charge is 0.249 e. The predicted octanol–water partition coefficient (Wildman–Crippen LogP) is 4.98. The third kappa shape index (κ3) is 7.34. The summed E-state index contributed by atoms with van der Waals surface area (Å²) in [6.45, 7) is 5.90. The molecule has 1 aliphatic rings. The van der Waals surface area contributed by atoms with Gasteiger partial charge in [0.25, 0.3) is 0 Å². The first-order chi connectivity index (χ1) is 16.4. The molecule has 6 nitrogen and oxygen atoms in total. The van der Waals surface area contributed by atoms with Gasteiger partial charge in [0.05, 0.1) is 13.1 Å². The van der Waals surface area contributed by atoms with Crippen molar-refractivity contribution in [2.75, 3.05) is 26.8 Å². The summed E-state index contributed by atoms with van der Waals surface area (Å²) in [5.41, 5.74) is 2.11. The van der Waals surface area contributed by atoms with E-state index in [1.807, 2.05) is 41.4 Å². The molecule has 0 bridgehead atoms. The fraction of sp³-hybridized carbons (Fsp3) is 0.556. The maximum Gasteiger partial charge on any atom is 0.249 e. The number of carbonyl (C=O) groups is 2. The summed E-state index contributed by atoms with van der Waals surface area (Å²) in [6, 6.07) is 12.1. The van der Waals surface area contributed by atoms with Crippen LogP contribution in [0.4, 0.5) is 0 Å². The van der Waals surface area contributed by atoms with E-state index in [0.29, 0.717) is 19.6 Å². The van der Waals surface area contributed by atoms with Crippen LogP contribution in [0.5, 0.6) is 0 Å². The van der Waals surface area contributed by atoms with E-state index < -0.39 is 0 Å². The Bertz CT molecular complexity index is 937. The lowest BCUT2D eigenvalue weighted by molar-refractivity contribution is -0.145. The summed E-state index contributed by atoms with van der Waals surface area (Å²) in [7, 11) is 1.51. The van der Waals surface area contributed by atoms with Gasteiger partial charge in [0, 0.05) is 43.2 Å². The monoisotopic (exact) mass is 487 g/mol. The molecule has 0 unspecified atom stereocenters. The molecule has 1 aliphatic carbocycles. The van der Waals surface area contributed by atoms with Crippen LogP contribution in [0.15, 0.2) is 42.6 Å². The van der Waals surface area contributed by atoms with Crippen molar-refractivity contribution in [2.24, 2.45) is 5.92 Å². The minimum atomic E-state index is -0.143. The van der Waals surface area contributed by atoms with Crippen LogP contribution >= 0.6 is 11.6 Å². The van der Waals surface area contributed by atoms with Crippen molar-refractivity contribution >= 4 is 23.4 Å². The Balaban J connectivity index is 1.80. The van der Waals surface area contributed by atoms with Crippen LogP contribution < -0.4 is 0 Å². The molecule has 0 atom stereocenters. The molecule has 3 rings (SSSR count). The minimum Gasteiger partial charge on any atom is -0.375 e. The van der Waals surface area contributed by atoms with E-state index in [9.17, 15) is 9.59 Å². The maximum atomic E-state index is 13.7. The van der Waals surface area contributed by atoms with Gasteiger partial charge < -0.3 is 19.1 Å². The van der Waals surface area contributed by atoms with E-state index in [2.05, 4.69) is 24.5 Å². The molecule has 1 fully saturated rings. The van der Waals surface area contributed by atoms with Gasteiger partial charge in [-0.25, -0.2) is 0 Å². The fourth-order valence-electron chi connectivity index (χ4n) is 4.71. The van der Waals surface area contributed by atoms with Crippen molar-refractivity contribution in [1.29, 1.82) is 0 Å². The topological polar surface area (TPSA) is 54.8 Å². The van der Waals surface area contributed by atoms with Gasteiger partial charge in [0.1, 0.15) is 6.61 Å².